The normalized spacial score (nSPS) is 16.0. The van der Waals surface area contributed by atoms with Gasteiger partial charge in [-0.1, -0.05) is 6.92 Å². The molecule has 1 aromatic rings. The zero-order chi connectivity index (χ0) is 15.2. The number of nitrogens with one attached hydrogen (secondary N) is 1. The van der Waals surface area contributed by atoms with E-state index in [4.69, 9.17) is 9.47 Å². The van der Waals surface area contributed by atoms with Gasteiger partial charge in [0.25, 0.3) is 0 Å². The summed E-state index contributed by atoms with van der Waals surface area (Å²) >= 11 is 3.68. The van der Waals surface area contributed by atoms with Crippen LogP contribution in [0.2, 0.25) is 0 Å². The van der Waals surface area contributed by atoms with Gasteiger partial charge in [-0.2, -0.15) is 0 Å². The number of hydrogen-bond acceptors (Lipinski definition) is 4. The lowest BCUT2D eigenvalue weighted by molar-refractivity contribution is 0.243. The SMILES string of the molecule is CCc1c(CCN2CCNCC2)cc(OC)c(OC)c1Br. The predicted molar refractivity (Wildman–Crippen MR) is 89.6 cm³/mol. The molecule has 5 heteroatoms. The second-order valence-electron chi connectivity index (χ2n) is 5.26. The van der Waals surface area contributed by atoms with Gasteiger partial charge in [-0.05, 0) is 46.0 Å². The molecule has 0 amide bonds. The smallest absolute Gasteiger partial charge is 0.175 e. The topological polar surface area (TPSA) is 33.7 Å². The molecule has 0 radical (unpaired) electrons. The van der Waals surface area contributed by atoms with Crippen LogP contribution in [0.3, 0.4) is 0 Å². The van der Waals surface area contributed by atoms with Crippen molar-refractivity contribution in [1.82, 2.24) is 10.2 Å². The van der Waals surface area contributed by atoms with Crippen molar-refractivity contribution in [3.05, 3.63) is 21.7 Å². The van der Waals surface area contributed by atoms with Crippen LogP contribution >= 0.6 is 15.9 Å². The summed E-state index contributed by atoms with van der Waals surface area (Å²) in [7, 11) is 3.37. The molecular formula is C16H25BrN2O2. The van der Waals surface area contributed by atoms with Crippen molar-refractivity contribution < 1.29 is 9.47 Å². The van der Waals surface area contributed by atoms with Crippen LogP contribution in [0.5, 0.6) is 11.5 Å². The Hall–Kier alpha value is -0.780. The summed E-state index contributed by atoms with van der Waals surface area (Å²) in [5, 5.41) is 3.39. The highest BCUT2D eigenvalue weighted by atomic mass is 79.9. The second-order valence-corrected chi connectivity index (χ2v) is 6.05. The lowest BCUT2D eigenvalue weighted by atomic mass is 10.0. The van der Waals surface area contributed by atoms with E-state index in [9.17, 15) is 0 Å². The minimum Gasteiger partial charge on any atom is -0.493 e. The van der Waals surface area contributed by atoms with Crippen molar-refractivity contribution in [3.63, 3.8) is 0 Å². The van der Waals surface area contributed by atoms with E-state index in [1.54, 1.807) is 14.2 Å². The Morgan fingerprint density at radius 1 is 1.24 bits per heavy atom. The molecule has 1 heterocycles. The number of nitrogens with zero attached hydrogens (tertiary/aromatic N) is 1. The minimum absolute atomic E-state index is 0.792. The lowest BCUT2D eigenvalue weighted by Gasteiger charge is -2.27. The fraction of sp³-hybridized carbons (Fsp3) is 0.625. The zero-order valence-corrected chi connectivity index (χ0v) is 14.8. The first kappa shape index (κ1) is 16.6. The van der Waals surface area contributed by atoms with Crippen molar-refractivity contribution in [2.45, 2.75) is 19.8 Å². The molecular weight excluding hydrogens is 332 g/mol. The first-order valence-electron chi connectivity index (χ1n) is 7.56. The van der Waals surface area contributed by atoms with Gasteiger partial charge in [0, 0.05) is 32.7 Å². The van der Waals surface area contributed by atoms with Crippen LogP contribution in [-0.4, -0.2) is 51.8 Å². The Morgan fingerprint density at radius 2 is 1.95 bits per heavy atom. The number of halogens is 1. The maximum atomic E-state index is 5.47. The molecule has 0 aromatic heterocycles. The van der Waals surface area contributed by atoms with Crippen molar-refractivity contribution in [3.8, 4) is 11.5 Å². The standard InChI is InChI=1S/C16H25BrN2O2/c1-4-13-12(5-8-19-9-6-18-7-10-19)11-14(20-2)16(21-3)15(13)17/h11,18H,4-10H2,1-3H3. The Labute approximate surface area is 135 Å². The van der Waals surface area contributed by atoms with Crippen LogP contribution < -0.4 is 14.8 Å². The van der Waals surface area contributed by atoms with Gasteiger partial charge in [-0.15, -0.1) is 0 Å². The van der Waals surface area contributed by atoms with Crippen LogP contribution in [0.4, 0.5) is 0 Å². The zero-order valence-electron chi connectivity index (χ0n) is 13.2. The molecule has 0 atom stereocenters. The van der Waals surface area contributed by atoms with E-state index in [0.717, 1.165) is 61.5 Å². The van der Waals surface area contributed by atoms with Gasteiger partial charge in [0.15, 0.2) is 11.5 Å². The highest BCUT2D eigenvalue weighted by molar-refractivity contribution is 9.10. The average Bonchev–Trinajstić information content (AvgIpc) is 2.53. The molecule has 21 heavy (non-hydrogen) atoms. The lowest BCUT2D eigenvalue weighted by Crippen LogP contribution is -2.44. The fourth-order valence-electron chi connectivity index (χ4n) is 2.86. The van der Waals surface area contributed by atoms with Gasteiger partial charge in [-0.25, -0.2) is 0 Å². The molecule has 1 aliphatic heterocycles. The summed E-state index contributed by atoms with van der Waals surface area (Å²) in [6.07, 6.45) is 2.03. The molecule has 0 aliphatic carbocycles. The molecule has 1 aliphatic rings. The Kier molecular flexibility index (Phi) is 6.33. The van der Waals surface area contributed by atoms with Crippen molar-refractivity contribution in [2.75, 3.05) is 46.9 Å². The van der Waals surface area contributed by atoms with E-state index in [-0.39, 0.29) is 0 Å². The molecule has 1 saturated heterocycles. The average molecular weight is 357 g/mol. The molecule has 4 nitrogen and oxygen atoms in total. The Morgan fingerprint density at radius 3 is 2.52 bits per heavy atom. The van der Waals surface area contributed by atoms with Gasteiger partial charge in [-0.3, -0.25) is 0 Å². The summed E-state index contributed by atoms with van der Waals surface area (Å²) in [6.45, 7) is 7.73. The number of piperazine rings is 1. The third-order valence-corrected chi connectivity index (χ3v) is 4.90. The maximum Gasteiger partial charge on any atom is 0.175 e. The summed E-state index contributed by atoms with van der Waals surface area (Å²) in [5.41, 5.74) is 2.67. The summed E-state index contributed by atoms with van der Waals surface area (Å²) in [5.74, 6) is 1.59. The maximum absolute atomic E-state index is 5.47. The van der Waals surface area contributed by atoms with Crippen LogP contribution in [0.15, 0.2) is 10.5 Å². The molecule has 0 saturated carbocycles. The van der Waals surface area contributed by atoms with Crippen LogP contribution in [0.25, 0.3) is 0 Å². The van der Waals surface area contributed by atoms with Gasteiger partial charge in [0.1, 0.15) is 0 Å². The third kappa shape index (κ3) is 3.90. The monoisotopic (exact) mass is 356 g/mol. The van der Waals surface area contributed by atoms with E-state index < -0.39 is 0 Å². The van der Waals surface area contributed by atoms with Crippen molar-refractivity contribution in [2.24, 2.45) is 0 Å². The van der Waals surface area contributed by atoms with E-state index in [1.165, 1.54) is 11.1 Å². The fourth-order valence-corrected chi connectivity index (χ4v) is 3.75. The summed E-state index contributed by atoms with van der Waals surface area (Å²) in [4.78, 5) is 2.51. The van der Waals surface area contributed by atoms with Gasteiger partial charge in [0.05, 0.1) is 18.7 Å². The van der Waals surface area contributed by atoms with E-state index >= 15 is 0 Å². The molecule has 0 unspecified atom stereocenters. The molecule has 118 valence electrons. The quantitative estimate of drug-likeness (QED) is 0.848. The highest BCUT2D eigenvalue weighted by Gasteiger charge is 2.17. The van der Waals surface area contributed by atoms with Gasteiger partial charge < -0.3 is 19.7 Å². The highest BCUT2D eigenvalue weighted by Crippen LogP contribution is 2.40. The molecule has 2 rings (SSSR count). The predicted octanol–water partition coefficient (Wildman–Crippen LogP) is 2.48. The Bertz CT molecular complexity index is 474. The van der Waals surface area contributed by atoms with Crippen molar-refractivity contribution >= 4 is 15.9 Å². The summed E-state index contributed by atoms with van der Waals surface area (Å²) in [6, 6.07) is 2.13. The second kappa shape index (κ2) is 8.01. The number of ether oxygens (including phenoxy) is 2. The van der Waals surface area contributed by atoms with E-state index in [2.05, 4.69) is 39.1 Å². The summed E-state index contributed by atoms with van der Waals surface area (Å²) < 4.78 is 12.0. The van der Waals surface area contributed by atoms with Gasteiger partial charge in [0.2, 0.25) is 0 Å². The van der Waals surface area contributed by atoms with Gasteiger partial charge >= 0.3 is 0 Å². The molecule has 1 N–H and O–H groups in total. The number of methoxy groups -OCH3 is 2. The van der Waals surface area contributed by atoms with Crippen LogP contribution in [0, 0.1) is 0 Å². The minimum atomic E-state index is 0.792. The van der Waals surface area contributed by atoms with E-state index in [0.29, 0.717) is 0 Å². The number of benzene rings is 1. The number of rotatable bonds is 6. The number of hydrogen-bond donors (Lipinski definition) is 1. The largest absolute Gasteiger partial charge is 0.493 e. The first-order valence-corrected chi connectivity index (χ1v) is 8.35. The first-order chi connectivity index (χ1) is 10.2. The van der Waals surface area contributed by atoms with Crippen LogP contribution in [-0.2, 0) is 12.8 Å². The molecule has 0 spiro atoms. The Balaban J connectivity index is 2.18. The molecule has 0 bridgehead atoms. The van der Waals surface area contributed by atoms with Crippen molar-refractivity contribution in [1.29, 1.82) is 0 Å². The molecule has 1 fully saturated rings. The third-order valence-electron chi connectivity index (χ3n) is 4.07. The van der Waals surface area contributed by atoms with E-state index in [1.807, 2.05) is 0 Å². The molecule has 1 aromatic carbocycles. The van der Waals surface area contributed by atoms with Crippen LogP contribution in [0.1, 0.15) is 18.1 Å².